The Kier molecular flexibility index (Phi) is 7.98. The van der Waals surface area contributed by atoms with Crippen LogP contribution >= 0.6 is 24.0 Å². The molecule has 0 unspecified atom stereocenters. The molecular formula is C17H28IN3O3S. The average Bonchev–Trinajstić information content (AvgIpc) is 2.99. The topological polar surface area (TPSA) is 74.9 Å². The van der Waals surface area contributed by atoms with Crippen LogP contribution < -0.4 is 5.32 Å². The smallest absolute Gasteiger partial charge is 0.194 e. The first-order valence-corrected chi connectivity index (χ1v) is 9.79. The van der Waals surface area contributed by atoms with Crippen LogP contribution in [-0.4, -0.2) is 56.0 Å². The third-order valence-corrected chi connectivity index (χ3v) is 6.61. The Bertz CT molecular complexity index is 697. The Hall–Kier alpha value is -1.03. The van der Waals surface area contributed by atoms with Crippen molar-refractivity contribution in [3.8, 4) is 0 Å². The minimum atomic E-state index is -3.07. The van der Waals surface area contributed by atoms with Crippen LogP contribution in [0.25, 0.3) is 0 Å². The van der Waals surface area contributed by atoms with Gasteiger partial charge in [0.1, 0.15) is 5.76 Å². The van der Waals surface area contributed by atoms with Crippen molar-refractivity contribution in [1.29, 1.82) is 0 Å². The largest absolute Gasteiger partial charge is 0.469 e. The lowest BCUT2D eigenvalue weighted by atomic mass is 10.2. The number of hydrogen-bond donors (Lipinski definition) is 1. The molecule has 1 aromatic rings. The number of halogens is 1. The molecule has 142 valence electrons. The molecule has 8 heteroatoms. The van der Waals surface area contributed by atoms with Crippen molar-refractivity contribution in [3.63, 3.8) is 0 Å². The van der Waals surface area contributed by atoms with E-state index < -0.39 is 14.6 Å². The zero-order chi connectivity index (χ0) is 17.8. The van der Waals surface area contributed by atoms with Gasteiger partial charge in [-0.1, -0.05) is 12.2 Å². The highest BCUT2D eigenvalue weighted by molar-refractivity contribution is 14.0. The van der Waals surface area contributed by atoms with E-state index in [1.54, 1.807) is 20.1 Å². The van der Waals surface area contributed by atoms with Crippen LogP contribution in [0.4, 0.5) is 0 Å². The van der Waals surface area contributed by atoms with Gasteiger partial charge in [0.2, 0.25) is 0 Å². The molecule has 2 rings (SSSR count). The summed E-state index contributed by atoms with van der Waals surface area (Å²) in [7, 11) is -3.07. The maximum atomic E-state index is 12.2. The molecule has 1 fully saturated rings. The maximum absolute atomic E-state index is 12.2. The summed E-state index contributed by atoms with van der Waals surface area (Å²) in [5.74, 6) is 1.78. The van der Waals surface area contributed by atoms with Crippen LogP contribution in [0.15, 0.2) is 40.0 Å². The van der Waals surface area contributed by atoms with Crippen molar-refractivity contribution in [2.24, 2.45) is 4.99 Å². The SMILES string of the molecule is C=C(C)CN=C(NCCc1ccco1)N1CCS(=O)(=O)C(C)(C)C1.I. The summed E-state index contributed by atoms with van der Waals surface area (Å²) in [6.45, 7) is 11.4. The number of nitrogens with zero attached hydrogens (tertiary/aromatic N) is 2. The lowest BCUT2D eigenvalue weighted by Gasteiger charge is -2.39. The van der Waals surface area contributed by atoms with Gasteiger partial charge >= 0.3 is 0 Å². The van der Waals surface area contributed by atoms with Gasteiger partial charge in [-0.05, 0) is 32.9 Å². The fraction of sp³-hybridized carbons (Fsp3) is 0.588. The van der Waals surface area contributed by atoms with Crippen molar-refractivity contribution in [1.82, 2.24) is 10.2 Å². The highest BCUT2D eigenvalue weighted by Gasteiger charge is 2.40. The quantitative estimate of drug-likeness (QED) is 0.303. The Labute approximate surface area is 167 Å². The summed E-state index contributed by atoms with van der Waals surface area (Å²) in [5, 5.41) is 3.33. The van der Waals surface area contributed by atoms with E-state index in [4.69, 9.17) is 4.42 Å². The van der Waals surface area contributed by atoms with Crippen molar-refractivity contribution in [3.05, 3.63) is 36.3 Å². The minimum Gasteiger partial charge on any atom is -0.469 e. The Morgan fingerprint density at radius 3 is 2.76 bits per heavy atom. The van der Waals surface area contributed by atoms with Gasteiger partial charge in [0.05, 0.1) is 23.3 Å². The molecule has 0 saturated carbocycles. The third kappa shape index (κ3) is 6.02. The molecule has 0 radical (unpaired) electrons. The van der Waals surface area contributed by atoms with Gasteiger partial charge in [-0.15, -0.1) is 24.0 Å². The van der Waals surface area contributed by atoms with E-state index in [9.17, 15) is 8.42 Å². The molecular weight excluding hydrogens is 453 g/mol. The second-order valence-electron chi connectivity index (χ2n) is 6.85. The van der Waals surface area contributed by atoms with Gasteiger partial charge < -0.3 is 14.6 Å². The number of sulfone groups is 1. The highest BCUT2D eigenvalue weighted by atomic mass is 127. The van der Waals surface area contributed by atoms with Crippen molar-refractivity contribution in [2.75, 3.05) is 31.9 Å². The Morgan fingerprint density at radius 2 is 2.20 bits per heavy atom. The van der Waals surface area contributed by atoms with Crippen LogP contribution in [0, 0.1) is 0 Å². The standard InChI is InChI=1S/C17H27N3O3S.HI/c1-14(2)12-19-16(18-8-7-15-6-5-10-23-15)20-9-11-24(21,22)17(3,4)13-20;/h5-6,10H,1,7-9,11-13H2,2-4H3,(H,18,19);1H. The normalized spacial score (nSPS) is 19.2. The second kappa shape index (κ2) is 9.07. The van der Waals surface area contributed by atoms with Gasteiger partial charge in [0.25, 0.3) is 0 Å². The Morgan fingerprint density at radius 1 is 1.48 bits per heavy atom. The van der Waals surface area contributed by atoms with Crippen molar-refractivity contribution >= 4 is 39.8 Å². The van der Waals surface area contributed by atoms with E-state index in [1.807, 2.05) is 24.0 Å². The van der Waals surface area contributed by atoms with Crippen molar-refractivity contribution < 1.29 is 12.8 Å². The number of aliphatic imine (C=N–C) groups is 1. The molecule has 2 heterocycles. The van der Waals surface area contributed by atoms with Crippen LogP contribution in [0.1, 0.15) is 26.5 Å². The van der Waals surface area contributed by atoms with E-state index in [0.717, 1.165) is 23.7 Å². The van der Waals surface area contributed by atoms with Crippen LogP contribution in [0.2, 0.25) is 0 Å². The van der Waals surface area contributed by atoms with Crippen LogP contribution in [-0.2, 0) is 16.3 Å². The number of furan rings is 1. The second-order valence-corrected chi connectivity index (χ2v) is 9.60. The lowest BCUT2D eigenvalue weighted by Crippen LogP contribution is -2.57. The van der Waals surface area contributed by atoms with E-state index >= 15 is 0 Å². The first-order chi connectivity index (χ1) is 11.2. The molecule has 6 nitrogen and oxygen atoms in total. The lowest BCUT2D eigenvalue weighted by molar-refractivity contribution is 0.352. The molecule has 0 atom stereocenters. The molecule has 1 N–H and O–H groups in total. The van der Waals surface area contributed by atoms with Crippen LogP contribution in [0.5, 0.6) is 0 Å². The summed E-state index contributed by atoms with van der Waals surface area (Å²) >= 11 is 0. The summed E-state index contributed by atoms with van der Waals surface area (Å²) in [6.07, 6.45) is 2.40. The monoisotopic (exact) mass is 481 g/mol. The molecule has 0 aliphatic carbocycles. The van der Waals surface area contributed by atoms with Gasteiger partial charge in [0.15, 0.2) is 15.8 Å². The predicted octanol–water partition coefficient (Wildman–Crippen LogP) is 2.47. The first-order valence-electron chi connectivity index (χ1n) is 8.13. The first kappa shape index (κ1) is 22.0. The van der Waals surface area contributed by atoms with Gasteiger partial charge in [-0.3, -0.25) is 0 Å². The fourth-order valence-corrected chi connectivity index (χ4v) is 3.92. The zero-order valence-corrected chi connectivity index (χ0v) is 18.3. The summed E-state index contributed by atoms with van der Waals surface area (Å²) < 4.78 is 28.9. The fourth-order valence-electron chi connectivity index (χ4n) is 2.55. The van der Waals surface area contributed by atoms with E-state index in [0.29, 0.717) is 26.2 Å². The molecule has 0 amide bonds. The highest BCUT2D eigenvalue weighted by Crippen LogP contribution is 2.23. The summed E-state index contributed by atoms with van der Waals surface area (Å²) in [6, 6.07) is 3.80. The molecule has 1 aliphatic heterocycles. The molecule has 1 aromatic heterocycles. The van der Waals surface area contributed by atoms with E-state index in [2.05, 4.69) is 16.9 Å². The molecule has 1 saturated heterocycles. The molecule has 0 bridgehead atoms. The van der Waals surface area contributed by atoms with Gasteiger partial charge in [0, 0.05) is 26.1 Å². The number of hydrogen-bond acceptors (Lipinski definition) is 4. The van der Waals surface area contributed by atoms with Gasteiger partial charge in [-0.25, -0.2) is 13.4 Å². The summed E-state index contributed by atoms with van der Waals surface area (Å²) in [4.78, 5) is 6.61. The zero-order valence-electron chi connectivity index (χ0n) is 15.1. The molecule has 0 spiro atoms. The third-order valence-electron chi connectivity index (χ3n) is 4.08. The van der Waals surface area contributed by atoms with Crippen molar-refractivity contribution in [2.45, 2.75) is 31.9 Å². The van der Waals surface area contributed by atoms with Crippen LogP contribution in [0.3, 0.4) is 0 Å². The number of rotatable bonds is 5. The van der Waals surface area contributed by atoms with Gasteiger partial charge in [-0.2, -0.15) is 0 Å². The number of guanidine groups is 1. The molecule has 25 heavy (non-hydrogen) atoms. The van der Waals surface area contributed by atoms with E-state index in [1.165, 1.54) is 0 Å². The van der Waals surface area contributed by atoms with E-state index in [-0.39, 0.29) is 29.7 Å². The maximum Gasteiger partial charge on any atom is 0.194 e. The molecule has 1 aliphatic rings. The number of nitrogens with one attached hydrogen (secondary N) is 1. The minimum absolute atomic E-state index is 0. The summed E-state index contributed by atoms with van der Waals surface area (Å²) in [5.41, 5.74) is 0.962. The molecule has 0 aromatic carbocycles. The average molecular weight is 481 g/mol. The predicted molar refractivity (Wildman–Crippen MR) is 112 cm³/mol. The Balaban J connectivity index is 0.00000312.